The number of carbonyl (C=O) groups excluding carboxylic acids is 1. The molecule has 1 aromatic heterocycles. The van der Waals surface area contributed by atoms with Crippen LogP contribution < -0.4 is 4.72 Å². The number of rotatable bonds is 6. The molecule has 2 heterocycles. The third-order valence-corrected chi connectivity index (χ3v) is 6.15. The van der Waals surface area contributed by atoms with Crippen molar-refractivity contribution in [3.63, 3.8) is 0 Å². The molecule has 6 nitrogen and oxygen atoms in total. The Kier molecular flexibility index (Phi) is 6.03. The Labute approximate surface area is 160 Å². The summed E-state index contributed by atoms with van der Waals surface area (Å²) in [6.45, 7) is 1.32. The standard InChI is InChI=1S/C20H23N3O3S/c1-21-27(25,26)19-7-4-16(5-8-19)6-9-20(24)23-13-10-17(11-14-23)18-3-2-12-22-15-18/h2-5,7-8,10,12,15,21H,6,9,11,13-14H2,1H3. The number of amides is 1. The number of sulfonamides is 1. The molecule has 0 unspecified atom stereocenters. The molecule has 3 rings (SSSR count). The van der Waals surface area contributed by atoms with Gasteiger partial charge in [-0.05, 0) is 54.8 Å². The Morgan fingerprint density at radius 1 is 1.22 bits per heavy atom. The van der Waals surface area contributed by atoms with Crippen molar-refractivity contribution in [1.82, 2.24) is 14.6 Å². The van der Waals surface area contributed by atoms with Gasteiger partial charge in [-0.15, -0.1) is 0 Å². The maximum Gasteiger partial charge on any atom is 0.240 e. The topological polar surface area (TPSA) is 79.4 Å². The van der Waals surface area contributed by atoms with Gasteiger partial charge in [-0.3, -0.25) is 9.78 Å². The minimum Gasteiger partial charge on any atom is -0.339 e. The highest BCUT2D eigenvalue weighted by molar-refractivity contribution is 7.89. The van der Waals surface area contributed by atoms with Crippen LogP contribution in [0.25, 0.3) is 5.57 Å². The van der Waals surface area contributed by atoms with Gasteiger partial charge in [0.05, 0.1) is 4.90 Å². The molecule has 0 aliphatic carbocycles. The predicted molar refractivity (Wildman–Crippen MR) is 104 cm³/mol. The maximum absolute atomic E-state index is 12.5. The first-order valence-electron chi connectivity index (χ1n) is 8.89. The molecule has 2 aromatic rings. The summed E-state index contributed by atoms with van der Waals surface area (Å²) in [6, 6.07) is 10.6. The first kappa shape index (κ1) is 19.3. The van der Waals surface area contributed by atoms with Crippen molar-refractivity contribution < 1.29 is 13.2 Å². The van der Waals surface area contributed by atoms with E-state index in [1.165, 1.54) is 12.6 Å². The summed E-state index contributed by atoms with van der Waals surface area (Å²) >= 11 is 0. The van der Waals surface area contributed by atoms with E-state index in [1.807, 2.05) is 23.2 Å². The number of hydrogen-bond donors (Lipinski definition) is 1. The Morgan fingerprint density at radius 3 is 2.59 bits per heavy atom. The molecular weight excluding hydrogens is 362 g/mol. The number of nitrogens with one attached hydrogen (secondary N) is 1. The first-order valence-corrected chi connectivity index (χ1v) is 10.4. The molecule has 0 radical (unpaired) electrons. The van der Waals surface area contributed by atoms with Gasteiger partial charge in [-0.2, -0.15) is 0 Å². The zero-order valence-corrected chi connectivity index (χ0v) is 16.1. The SMILES string of the molecule is CNS(=O)(=O)c1ccc(CCC(=O)N2CC=C(c3cccnc3)CC2)cc1. The van der Waals surface area contributed by atoms with Crippen molar-refractivity contribution in [3.05, 3.63) is 66.0 Å². The lowest BCUT2D eigenvalue weighted by atomic mass is 10.0. The number of aryl methyl sites for hydroxylation is 1. The summed E-state index contributed by atoms with van der Waals surface area (Å²) < 4.78 is 25.8. The van der Waals surface area contributed by atoms with E-state index in [2.05, 4.69) is 15.8 Å². The van der Waals surface area contributed by atoms with Crippen LogP contribution in [0, 0.1) is 0 Å². The lowest BCUT2D eigenvalue weighted by Crippen LogP contribution is -2.34. The Hall–Kier alpha value is -2.51. The second-order valence-electron chi connectivity index (χ2n) is 6.41. The van der Waals surface area contributed by atoms with Crippen molar-refractivity contribution in [2.24, 2.45) is 0 Å². The van der Waals surface area contributed by atoms with Crippen LogP contribution in [0.5, 0.6) is 0 Å². The summed E-state index contributed by atoms with van der Waals surface area (Å²) in [4.78, 5) is 18.7. The van der Waals surface area contributed by atoms with Crippen LogP contribution in [0.3, 0.4) is 0 Å². The van der Waals surface area contributed by atoms with Crippen LogP contribution in [0.15, 0.2) is 59.8 Å². The fourth-order valence-electron chi connectivity index (χ4n) is 3.07. The Morgan fingerprint density at radius 2 is 2.00 bits per heavy atom. The molecule has 1 aliphatic heterocycles. The number of hydrogen-bond acceptors (Lipinski definition) is 4. The van der Waals surface area contributed by atoms with E-state index in [9.17, 15) is 13.2 Å². The molecule has 0 spiro atoms. The third kappa shape index (κ3) is 4.81. The Bertz CT molecular complexity index is 923. The van der Waals surface area contributed by atoms with E-state index in [4.69, 9.17) is 0 Å². The lowest BCUT2D eigenvalue weighted by Gasteiger charge is -2.26. The second-order valence-corrected chi connectivity index (χ2v) is 8.30. The van der Waals surface area contributed by atoms with E-state index >= 15 is 0 Å². The number of carbonyl (C=O) groups is 1. The molecule has 1 aliphatic rings. The molecule has 1 amide bonds. The van der Waals surface area contributed by atoms with Crippen molar-refractivity contribution >= 4 is 21.5 Å². The second kappa shape index (κ2) is 8.45. The molecule has 0 bridgehead atoms. The van der Waals surface area contributed by atoms with Gasteiger partial charge < -0.3 is 4.90 Å². The lowest BCUT2D eigenvalue weighted by molar-refractivity contribution is -0.130. The molecule has 27 heavy (non-hydrogen) atoms. The van der Waals surface area contributed by atoms with E-state index < -0.39 is 10.0 Å². The van der Waals surface area contributed by atoms with Gasteiger partial charge >= 0.3 is 0 Å². The fourth-order valence-corrected chi connectivity index (χ4v) is 3.80. The summed E-state index contributed by atoms with van der Waals surface area (Å²) in [6.07, 6.45) is 7.52. The fraction of sp³-hybridized carbons (Fsp3) is 0.300. The third-order valence-electron chi connectivity index (χ3n) is 4.72. The molecule has 142 valence electrons. The summed E-state index contributed by atoms with van der Waals surface area (Å²) in [7, 11) is -2.04. The summed E-state index contributed by atoms with van der Waals surface area (Å²) in [5.74, 6) is 0.114. The molecule has 0 saturated heterocycles. The molecule has 0 saturated carbocycles. The zero-order chi connectivity index (χ0) is 19.3. The highest BCUT2D eigenvalue weighted by Gasteiger charge is 2.18. The maximum atomic E-state index is 12.5. The normalized spacial score (nSPS) is 14.7. The van der Waals surface area contributed by atoms with Crippen LogP contribution in [0.4, 0.5) is 0 Å². The van der Waals surface area contributed by atoms with Crippen LogP contribution in [-0.2, 0) is 21.2 Å². The molecular formula is C20H23N3O3S. The van der Waals surface area contributed by atoms with Crippen molar-refractivity contribution in [3.8, 4) is 0 Å². The van der Waals surface area contributed by atoms with Crippen LogP contribution in [0.1, 0.15) is 24.0 Å². The highest BCUT2D eigenvalue weighted by Crippen LogP contribution is 2.22. The number of aromatic nitrogens is 1. The van der Waals surface area contributed by atoms with Crippen molar-refractivity contribution in [1.29, 1.82) is 0 Å². The van der Waals surface area contributed by atoms with E-state index in [0.29, 0.717) is 25.9 Å². The van der Waals surface area contributed by atoms with Crippen LogP contribution in [0.2, 0.25) is 0 Å². The van der Waals surface area contributed by atoms with Gasteiger partial charge in [-0.1, -0.05) is 24.3 Å². The minimum atomic E-state index is -3.43. The molecule has 0 atom stereocenters. The number of benzene rings is 1. The number of pyridine rings is 1. The van der Waals surface area contributed by atoms with E-state index in [0.717, 1.165) is 17.5 Å². The highest BCUT2D eigenvalue weighted by atomic mass is 32.2. The largest absolute Gasteiger partial charge is 0.339 e. The van der Waals surface area contributed by atoms with Gasteiger partial charge in [0, 0.05) is 31.9 Å². The van der Waals surface area contributed by atoms with Gasteiger partial charge in [0.15, 0.2) is 0 Å². The van der Waals surface area contributed by atoms with Crippen molar-refractivity contribution in [2.75, 3.05) is 20.1 Å². The van der Waals surface area contributed by atoms with Crippen LogP contribution in [-0.4, -0.2) is 44.3 Å². The summed E-state index contributed by atoms with van der Waals surface area (Å²) in [5, 5.41) is 0. The van der Waals surface area contributed by atoms with E-state index in [1.54, 1.807) is 30.5 Å². The van der Waals surface area contributed by atoms with Gasteiger partial charge in [0.1, 0.15) is 0 Å². The Balaban J connectivity index is 1.54. The minimum absolute atomic E-state index is 0.114. The van der Waals surface area contributed by atoms with Gasteiger partial charge in [0.25, 0.3) is 0 Å². The van der Waals surface area contributed by atoms with Crippen LogP contribution >= 0.6 is 0 Å². The van der Waals surface area contributed by atoms with Crippen molar-refractivity contribution in [2.45, 2.75) is 24.2 Å². The van der Waals surface area contributed by atoms with Gasteiger partial charge in [-0.25, -0.2) is 13.1 Å². The van der Waals surface area contributed by atoms with Gasteiger partial charge in [0.2, 0.25) is 15.9 Å². The molecule has 1 aromatic carbocycles. The zero-order valence-electron chi connectivity index (χ0n) is 15.3. The monoisotopic (exact) mass is 385 g/mol. The smallest absolute Gasteiger partial charge is 0.240 e. The predicted octanol–water partition coefficient (Wildman–Crippen LogP) is 2.24. The quantitative estimate of drug-likeness (QED) is 0.827. The molecule has 1 N–H and O–H groups in total. The molecule has 0 fully saturated rings. The first-order chi connectivity index (χ1) is 13.0. The van der Waals surface area contributed by atoms with E-state index in [-0.39, 0.29) is 10.8 Å². The average molecular weight is 385 g/mol. The molecule has 7 heteroatoms. The summed E-state index contributed by atoms with van der Waals surface area (Å²) in [5.41, 5.74) is 3.29. The average Bonchev–Trinajstić information content (AvgIpc) is 2.73. The number of nitrogens with zero attached hydrogens (tertiary/aromatic N) is 2.